The molecule has 2 heterocycles. The van der Waals surface area contributed by atoms with Crippen molar-refractivity contribution in [3.05, 3.63) is 83.6 Å². The Hall–Kier alpha value is -2.60. The Balaban J connectivity index is 1.52. The topological polar surface area (TPSA) is 56.8 Å². The van der Waals surface area contributed by atoms with Crippen LogP contribution in [0.3, 0.4) is 0 Å². The van der Waals surface area contributed by atoms with Gasteiger partial charge in [-0.15, -0.1) is 0 Å². The Morgan fingerprint density at radius 2 is 1.75 bits per heavy atom. The molecule has 0 aliphatic carbocycles. The van der Waals surface area contributed by atoms with Gasteiger partial charge in [0.25, 0.3) is 0 Å². The van der Waals surface area contributed by atoms with Crippen LogP contribution in [-0.2, 0) is 5.54 Å². The molecule has 0 bridgehead atoms. The van der Waals surface area contributed by atoms with Crippen molar-refractivity contribution in [1.29, 1.82) is 0 Å². The molecule has 0 saturated carbocycles. The van der Waals surface area contributed by atoms with Crippen LogP contribution in [0.15, 0.2) is 72.5 Å². The molecule has 5 heteroatoms. The summed E-state index contributed by atoms with van der Waals surface area (Å²) < 4.78 is 5.96. The van der Waals surface area contributed by atoms with E-state index in [0.29, 0.717) is 6.54 Å². The highest BCUT2D eigenvalue weighted by Crippen LogP contribution is 2.30. The molecular formula is C23H27N3O2. The first-order valence-corrected chi connectivity index (χ1v) is 9.65. The van der Waals surface area contributed by atoms with Gasteiger partial charge in [-0.1, -0.05) is 35.9 Å². The van der Waals surface area contributed by atoms with Gasteiger partial charge in [0.15, 0.2) is 0 Å². The summed E-state index contributed by atoms with van der Waals surface area (Å²) >= 11 is 0. The SMILES string of the molecule is CC1=CC=CN(CC2(c3ccc(Oc4ccc(C)cc4)cc3)CNCN2)C1O. The van der Waals surface area contributed by atoms with Gasteiger partial charge in [-0.25, -0.2) is 0 Å². The Labute approximate surface area is 166 Å². The van der Waals surface area contributed by atoms with E-state index >= 15 is 0 Å². The van der Waals surface area contributed by atoms with Crippen LogP contribution >= 0.6 is 0 Å². The zero-order chi connectivity index (χ0) is 19.6. The summed E-state index contributed by atoms with van der Waals surface area (Å²) in [5, 5.41) is 17.5. The average molecular weight is 377 g/mol. The van der Waals surface area contributed by atoms with Crippen molar-refractivity contribution in [2.75, 3.05) is 19.8 Å². The molecule has 2 unspecified atom stereocenters. The number of nitrogens with one attached hydrogen (secondary N) is 2. The first-order valence-electron chi connectivity index (χ1n) is 9.65. The number of rotatable bonds is 5. The van der Waals surface area contributed by atoms with E-state index in [4.69, 9.17) is 4.74 Å². The van der Waals surface area contributed by atoms with Crippen molar-refractivity contribution >= 4 is 0 Å². The lowest BCUT2D eigenvalue weighted by Gasteiger charge is -2.38. The molecule has 0 amide bonds. The summed E-state index contributed by atoms with van der Waals surface area (Å²) in [6.45, 7) is 6.22. The summed E-state index contributed by atoms with van der Waals surface area (Å²) in [7, 11) is 0. The van der Waals surface area contributed by atoms with E-state index in [2.05, 4.69) is 29.7 Å². The van der Waals surface area contributed by atoms with Gasteiger partial charge >= 0.3 is 0 Å². The molecule has 1 fully saturated rings. The Bertz CT molecular complexity index is 866. The molecule has 146 valence electrons. The van der Waals surface area contributed by atoms with E-state index in [0.717, 1.165) is 30.3 Å². The van der Waals surface area contributed by atoms with E-state index in [1.807, 2.05) is 66.6 Å². The normalized spacial score (nSPS) is 24.3. The molecule has 2 aromatic rings. The highest BCUT2D eigenvalue weighted by atomic mass is 16.5. The Morgan fingerprint density at radius 1 is 1.07 bits per heavy atom. The van der Waals surface area contributed by atoms with Crippen LogP contribution in [0.5, 0.6) is 11.5 Å². The van der Waals surface area contributed by atoms with Crippen LogP contribution in [0.4, 0.5) is 0 Å². The molecule has 2 aromatic carbocycles. The van der Waals surface area contributed by atoms with Gasteiger partial charge in [0, 0.05) is 26.0 Å². The fraction of sp³-hybridized carbons (Fsp3) is 0.304. The summed E-state index contributed by atoms with van der Waals surface area (Å²) in [6, 6.07) is 16.3. The molecule has 4 rings (SSSR count). The predicted molar refractivity (Wildman–Crippen MR) is 111 cm³/mol. The Kier molecular flexibility index (Phi) is 5.22. The standard InChI is InChI=1S/C23H27N3O2/c1-17-5-9-20(10-6-17)28-21-11-7-19(8-12-21)23(14-24-16-25-23)15-26-13-3-4-18(2)22(26)27/h3-13,22,24-25,27H,14-16H2,1-2H3. The Morgan fingerprint density at radius 3 is 2.39 bits per heavy atom. The highest BCUT2D eigenvalue weighted by molar-refractivity contribution is 5.37. The number of allylic oxidation sites excluding steroid dienone is 2. The maximum Gasteiger partial charge on any atom is 0.148 e. The highest BCUT2D eigenvalue weighted by Gasteiger charge is 2.38. The van der Waals surface area contributed by atoms with Gasteiger partial charge in [0.05, 0.1) is 5.54 Å². The molecule has 2 atom stereocenters. The molecule has 0 aromatic heterocycles. The van der Waals surface area contributed by atoms with Gasteiger partial charge in [-0.3, -0.25) is 5.32 Å². The summed E-state index contributed by atoms with van der Waals surface area (Å²) in [5.74, 6) is 1.64. The number of aryl methyl sites for hydroxylation is 1. The molecule has 0 radical (unpaired) electrons. The van der Waals surface area contributed by atoms with Crippen molar-refractivity contribution < 1.29 is 9.84 Å². The van der Waals surface area contributed by atoms with Gasteiger partial charge in [0.1, 0.15) is 17.7 Å². The van der Waals surface area contributed by atoms with Crippen LogP contribution in [0.25, 0.3) is 0 Å². The number of nitrogens with zero attached hydrogens (tertiary/aromatic N) is 1. The van der Waals surface area contributed by atoms with Crippen molar-refractivity contribution in [2.24, 2.45) is 0 Å². The molecule has 28 heavy (non-hydrogen) atoms. The largest absolute Gasteiger partial charge is 0.457 e. The third-order valence-corrected chi connectivity index (χ3v) is 5.45. The van der Waals surface area contributed by atoms with Crippen LogP contribution in [0, 0.1) is 6.92 Å². The first kappa shape index (κ1) is 18.7. The van der Waals surface area contributed by atoms with Crippen molar-refractivity contribution in [1.82, 2.24) is 15.5 Å². The van der Waals surface area contributed by atoms with E-state index in [1.165, 1.54) is 11.1 Å². The minimum absolute atomic E-state index is 0.272. The molecule has 0 spiro atoms. The fourth-order valence-electron chi connectivity index (χ4n) is 3.75. The zero-order valence-electron chi connectivity index (χ0n) is 16.4. The zero-order valence-corrected chi connectivity index (χ0v) is 16.4. The minimum Gasteiger partial charge on any atom is -0.457 e. The van der Waals surface area contributed by atoms with Crippen molar-refractivity contribution in [3.63, 3.8) is 0 Å². The number of aliphatic hydroxyl groups is 1. The number of hydrogen-bond acceptors (Lipinski definition) is 5. The summed E-state index contributed by atoms with van der Waals surface area (Å²) in [4.78, 5) is 1.98. The van der Waals surface area contributed by atoms with E-state index in [-0.39, 0.29) is 5.54 Å². The van der Waals surface area contributed by atoms with Gasteiger partial charge in [0.2, 0.25) is 0 Å². The lowest BCUT2D eigenvalue weighted by molar-refractivity contribution is 0.0488. The average Bonchev–Trinajstić information content (AvgIpc) is 3.18. The number of benzene rings is 2. The smallest absolute Gasteiger partial charge is 0.148 e. The van der Waals surface area contributed by atoms with Crippen LogP contribution in [0.1, 0.15) is 18.1 Å². The third-order valence-electron chi connectivity index (χ3n) is 5.45. The molecule has 5 nitrogen and oxygen atoms in total. The van der Waals surface area contributed by atoms with E-state index in [1.54, 1.807) is 0 Å². The molecule has 2 aliphatic rings. The third kappa shape index (κ3) is 3.83. The van der Waals surface area contributed by atoms with Crippen molar-refractivity contribution in [2.45, 2.75) is 25.6 Å². The number of aliphatic hydroxyl groups excluding tert-OH is 1. The van der Waals surface area contributed by atoms with Gasteiger partial charge < -0.3 is 20.1 Å². The monoisotopic (exact) mass is 377 g/mol. The number of hydrogen-bond donors (Lipinski definition) is 3. The maximum absolute atomic E-state index is 10.5. The lowest BCUT2D eigenvalue weighted by Crippen LogP contribution is -2.51. The molecular weight excluding hydrogens is 350 g/mol. The van der Waals surface area contributed by atoms with Crippen LogP contribution in [-0.4, -0.2) is 36.0 Å². The molecule has 1 saturated heterocycles. The quantitative estimate of drug-likeness (QED) is 0.747. The maximum atomic E-state index is 10.5. The lowest BCUT2D eigenvalue weighted by atomic mass is 9.89. The molecule has 3 N–H and O–H groups in total. The first-order chi connectivity index (χ1) is 13.6. The second kappa shape index (κ2) is 7.80. The van der Waals surface area contributed by atoms with Crippen LogP contribution in [0.2, 0.25) is 0 Å². The summed E-state index contributed by atoms with van der Waals surface area (Å²) in [5.41, 5.74) is 3.06. The van der Waals surface area contributed by atoms with E-state index in [9.17, 15) is 5.11 Å². The predicted octanol–water partition coefficient (Wildman–Crippen LogP) is 3.23. The van der Waals surface area contributed by atoms with Crippen molar-refractivity contribution in [3.8, 4) is 11.5 Å². The van der Waals surface area contributed by atoms with Gasteiger partial charge in [-0.05, 0) is 55.3 Å². The second-order valence-electron chi connectivity index (χ2n) is 7.60. The van der Waals surface area contributed by atoms with E-state index < -0.39 is 6.23 Å². The van der Waals surface area contributed by atoms with Gasteiger partial charge in [-0.2, -0.15) is 0 Å². The minimum atomic E-state index is -0.589. The summed E-state index contributed by atoms with van der Waals surface area (Å²) in [6.07, 6.45) is 5.30. The number of ether oxygens (including phenoxy) is 1. The second-order valence-corrected chi connectivity index (χ2v) is 7.60. The molecule has 2 aliphatic heterocycles. The fourth-order valence-corrected chi connectivity index (χ4v) is 3.75. The van der Waals surface area contributed by atoms with Crippen LogP contribution < -0.4 is 15.4 Å².